The summed E-state index contributed by atoms with van der Waals surface area (Å²) in [4.78, 5) is 12.2. The summed E-state index contributed by atoms with van der Waals surface area (Å²) in [6.07, 6.45) is 0.944. The highest BCUT2D eigenvalue weighted by atomic mass is 16.1. The first-order chi connectivity index (χ1) is 11.6. The van der Waals surface area contributed by atoms with Gasteiger partial charge in [-0.1, -0.05) is 37.3 Å². The maximum Gasteiger partial charge on any atom is 0.251 e. The molecule has 0 fully saturated rings. The van der Waals surface area contributed by atoms with E-state index in [0.717, 1.165) is 23.9 Å². The average Bonchev–Trinajstić information content (AvgIpc) is 2.85. The number of rotatable bonds is 5. The largest absolute Gasteiger partial charge is 0.352 e. The fourth-order valence-corrected chi connectivity index (χ4v) is 3.10. The van der Waals surface area contributed by atoms with Gasteiger partial charge in [0, 0.05) is 35.2 Å². The Morgan fingerprint density at radius 3 is 2.54 bits per heavy atom. The number of carbonyl (C=O) groups is 1. The van der Waals surface area contributed by atoms with Gasteiger partial charge in [0.2, 0.25) is 0 Å². The van der Waals surface area contributed by atoms with E-state index >= 15 is 0 Å². The van der Waals surface area contributed by atoms with Crippen LogP contribution in [0.3, 0.4) is 0 Å². The smallest absolute Gasteiger partial charge is 0.251 e. The molecular weight excluding hydrogens is 296 g/mol. The molecular formula is C21H24N2O. The van der Waals surface area contributed by atoms with Crippen LogP contribution in [0.1, 0.15) is 40.5 Å². The fourth-order valence-electron chi connectivity index (χ4n) is 3.10. The molecule has 0 aliphatic rings. The van der Waals surface area contributed by atoms with Crippen LogP contribution < -0.4 is 5.32 Å². The van der Waals surface area contributed by atoms with Gasteiger partial charge in [0.1, 0.15) is 0 Å². The van der Waals surface area contributed by atoms with Crippen LogP contribution in [0.2, 0.25) is 0 Å². The molecule has 0 aliphatic carbocycles. The molecule has 1 aromatic heterocycles. The number of benzene rings is 2. The predicted molar refractivity (Wildman–Crippen MR) is 99.6 cm³/mol. The topological polar surface area (TPSA) is 34.0 Å². The lowest BCUT2D eigenvalue weighted by molar-refractivity contribution is 0.0954. The van der Waals surface area contributed by atoms with Gasteiger partial charge in [0.15, 0.2) is 0 Å². The Hall–Kier alpha value is -2.55. The van der Waals surface area contributed by atoms with Crippen LogP contribution >= 0.6 is 0 Å². The van der Waals surface area contributed by atoms with Gasteiger partial charge in [-0.05, 0) is 49.6 Å². The minimum absolute atomic E-state index is 0.00612. The molecule has 0 aliphatic heterocycles. The normalized spacial score (nSPS) is 11.0. The number of amides is 1. The van der Waals surface area contributed by atoms with Crippen molar-refractivity contribution >= 4 is 16.8 Å². The third kappa shape index (κ3) is 3.07. The number of nitrogens with one attached hydrogen (secondary N) is 1. The molecule has 0 bridgehead atoms. The van der Waals surface area contributed by atoms with Crippen LogP contribution in [-0.4, -0.2) is 17.0 Å². The molecule has 2 aromatic carbocycles. The van der Waals surface area contributed by atoms with E-state index in [4.69, 9.17) is 0 Å². The standard InChI is InChI=1S/C21H24N2O/c1-4-12-22-21(24)18-10-11-20-19(13-18)15(2)16(3)23(20)14-17-8-6-5-7-9-17/h5-11,13H,4,12,14H2,1-3H3,(H,22,24). The van der Waals surface area contributed by atoms with E-state index < -0.39 is 0 Å². The summed E-state index contributed by atoms with van der Waals surface area (Å²) in [5.41, 5.74) is 5.69. The van der Waals surface area contributed by atoms with E-state index in [0.29, 0.717) is 6.54 Å². The quantitative estimate of drug-likeness (QED) is 0.740. The molecule has 1 amide bonds. The summed E-state index contributed by atoms with van der Waals surface area (Å²) in [6.45, 7) is 7.89. The van der Waals surface area contributed by atoms with Crippen molar-refractivity contribution in [3.8, 4) is 0 Å². The van der Waals surface area contributed by atoms with Crippen LogP contribution in [0, 0.1) is 13.8 Å². The molecule has 3 rings (SSSR count). The van der Waals surface area contributed by atoms with E-state index in [1.165, 1.54) is 22.3 Å². The second kappa shape index (κ2) is 6.91. The second-order valence-corrected chi connectivity index (χ2v) is 6.27. The summed E-state index contributed by atoms with van der Waals surface area (Å²) in [5, 5.41) is 4.11. The maximum absolute atomic E-state index is 12.2. The lowest BCUT2D eigenvalue weighted by Crippen LogP contribution is -2.23. The Labute approximate surface area is 143 Å². The Morgan fingerprint density at radius 1 is 1.08 bits per heavy atom. The van der Waals surface area contributed by atoms with Gasteiger partial charge < -0.3 is 9.88 Å². The van der Waals surface area contributed by atoms with Gasteiger partial charge in [0.25, 0.3) is 5.91 Å². The number of aromatic nitrogens is 1. The van der Waals surface area contributed by atoms with E-state index in [2.05, 4.69) is 61.0 Å². The first-order valence-corrected chi connectivity index (χ1v) is 8.53. The minimum atomic E-state index is 0.00612. The number of fused-ring (bicyclic) bond motifs is 1. The second-order valence-electron chi connectivity index (χ2n) is 6.27. The highest BCUT2D eigenvalue weighted by Gasteiger charge is 2.14. The van der Waals surface area contributed by atoms with Crippen LogP contribution in [-0.2, 0) is 6.54 Å². The molecule has 0 atom stereocenters. The number of hydrogen-bond donors (Lipinski definition) is 1. The summed E-state index contributed by atoms with van der Waals surface area (Å²) >= 11 is 0. The number of aryl methyl sites for hydroxylation is 1. The zero-order valence-electron chi connectivity index (χ0n) is 14.6. The van der Waals surface area contributed by atoms with Crippen molar-refractivity contribution in [2.75, 3.05) is 6.54 Å². The highest BCUT2D eigenvalue weighted by molar-refractivity contribution is 5.99. The monoisotopic (exact) mass is 320 g/mol. The molecule has 3 heteroatoms. The molecule has 1 heterocycles. The first-order valence-electron chi connectivity index (χ1n) is 8.53. The zero-order valence-corrected chi connectivity index (χ0v) is 14.6. The Bertz CT molecular complexity index is 862. The lowest BCUT2D eigenvalue weighted by atomic mass is 10.1. The van der Waals surface area contributed by atoms with Crippen LogP contribution in [0.25, 0.3) is 10.9 Å². The van der Waals surface area contributed by atoms with Crippen molar-refractivity contribution in [2.45, 2.75) is 33.7 Å². The predicted octanol–water partition coefficient (Wildman–Crippen LogP) is 4.45. The third-order valence-corrected chi connectivity index (χ3v) is 4.62. The SMILES string of the molecule is CCCNC(=O)c1ccc2c(c1)c(C)c(C)n2Cc1ccccc1. The summed E-state index contributed by atoms with van der Waals surface area (Å²) in [5.74, 6) is 0.00612. The van der Waals surface area contributed by atoms with Gasteiger partial charge in [-0.2, -0.15) is 0 Å². The molecule has 0 radical (unpaired) electrons. The van der Waals surface area contributed by atoms with Crippen molar-refractivity contribution in [3.63, 3.8) is 0 Å². The molecule has 24 heavy (non-hydrogen) atoms. The Balaban J connectivity index is 2.00. The first kappa shape index (κ1) is 16.3. The number of hydrogen-bond acceptors (Lipinski definition) is 1. The van der Waals surface area contributed by atoms with E-state index in [1.54, 1.807) is 0 Å². The van der Waals surface area contributed by atoms with Crippen molar-refractivity contribution in [1.29, 1.82) is 0 Å². The van der Waals surface area contributed by atoms with E-state index in [9.17, 15) is 4.79 Å². The van der Waals surface area contributed by atoms with Crippen molar-refractivity contribution in [2.24, 2.45) is 0 Å². The zero-order chi connectivity index (χ0) is 17.1. The number of nitrogens with zero attached hydrogens (tertiary/aromatic N) is 1. The highest BCUT2D eigenvalue weighted by Crippen LogP contribution is 2.27. The van der Waals surface area contributed by atoms with Gasteiger partial charge >= 0.3 is 0 Å². The summed E-state index contributed by atoms with van der Waals surface area (Å²) < 4.78 is 2.33. The van der Waals surface area contributed by atoms with Gasteiger partial charge in [0.05, 0.1) is 0 Å². The van der Waals surface area contributed by atoms with Gasteiger partial charge in [-0.3, -0.25) is 4.79 Å². The maximum atomic E-state index is 12.2. The molecule has 0 saturated carbocycles. The molecule has 3 nitrogen and oxygen atoms in total. The Kier molecular flexibility index (Phi) is 4.70. The molecule has 0 saturated heterocycles. The number of carbonyl (C=O) groups excluding carboxylic acids is 1. The molecule has 3 aromatic rings. The molecule has 124 valence electrons. The van der Waals surface area contributed by atoms with Gasteiger partial charge in [-0.15, -0.1) is 0 Å². The fraction of sp³-hybridized carbons (Fsp3) is 0.286. The third-order valence-electron chi connectivity index (χ3n) is 4.62. The molecule has 0 spiro atoms. The Morgan fingerprint density at radius 2 is 1.83 bits per heavy atom. The molecule has 1 N–H and O–H groups in total. The van der Waals surface area contributed by atoms with Crippen LogP contribution in [0.5, 0.6) is 0 Å². The van der Waals surface area contributed by atoms with Crippen LogP contribution in [0.4, 0.5) is 0 Å². The summed E-state index contributed by atoms with van der Waals surface area (Å²) in [6, 6.07) is 16.5. The van der Waals surface area contributed by atoms with Crippen molar-refractivity contribution in [3.05, 3.63) is 70.9 Å². The summed E-state index contributed by atoms with van der Waals surface area (Å²) in [7, 11) is 0. The van der Waals surface area contributed by atoms with Crippen molar-refractivity contribution in [1.82, 2.24) is 9.88 Å². The average molecular weight is 320 g/mol. The van der Waals surface area contributed by atoms with Crippen LogP contribution in [0.15, 0.2) is 48.5 Å². The van der Waals surface area contributed by atoms with Gasteiger partial charge in [-0.25, -0.2) is 0 Å². The van der Waals surface area contributed by atoms with E-state index in [-0.39, 0.29) is 5.91 Å². The molecule has 0 unspecified atom stereocenters. The minimum Gasteiger partial charge on any atom is -0.352 e. The lowest BCUT2D eigenvalue weighted by Gasteiger charge is -2.09. The van der Waals surface area contributed by atoms with Crippen molar-refractivity contribution < 1.29 is 4.79 Å². The van der Waals surface area contributed by atoms with E-state index in [1.807, 2.05) is 18.2 Å².